The number of likely N-dealkylation sites (tertiary alicyclic amines) is 1. The summed E-state index contributed by atoms with van der Waals surface area (Å²) in [5.41, 5.74) is 5.68. The molecule has 1 aromatic carbocycles. The molecule has 0 saturated carbocycles. The van der Waals surface area contributed by atoms with Gasteiger partial charge in [0.25, 0.3) is 0 Å². The molecule has 1 N–H and O–H groups in total. The molecule has 1 fully saturated rings. The molecule has 1 saturated heterocycles. The van der Waals surface area contributed by atoms with Crippen LogP contribution in [0.15, 0.2) is 42.0 Å². The van der Waals surface area contributed by atoms with E-state index in [4.69, 9.17) is 0 Å². The summed E-state index contributed by atoms with van der Waals surface area (Å²) in [5.74, 6) is 0. The van der Waals surface area contributed by atoms with Gasteiger partial charge in [-0.15, -0.1) is 0 Å². The largest absolute Gasteiger partial charge is 0.384 e. The molecule has 2 aliphatic heterocycles. The Balaban J connectivity index is 1.33. The normalized spacial score (nSPS) is 21.3. The van der Waals surface area contributed by atoms with Crippen LogP contribution in [0, 0.1) is 0 Å². The first-order valence-corrected chi connectivity index (χ1v) is 9.47. The maximum atomic E-state index is 3.50. The summed E-state index contributed by atoms with van der Waals surface area (Å²) in [7, 11) is 2.27. The summed E-state index contributed by atoms with van der Waals surface area (Å²) in [5, 5.41) is 3.50. The number of hydrogen-bond donors (Lipinski definition) is 1. The van der Waals surface area contributed by atoms with E-state index in [1.807, 2.05) is 0 Å². The van der Waals surface area contributed by atoms with E-state index < -0.39 is 0 Å². The molecule has 0 radical (unpaired) electrons. The molecule has 2 heterocycles. The molecule has 4 rings (SSSR count). The number of nitrogens with zero attached hydrogens (tertiary/aromatic N) is 2. The number of benzene rings is 1. The first kappa shape index (κ1) is 15.8. The van der Waals surface area contributed by atoms with Gasteiger partial charge in [0.05, 0.1) is 0 Å². The summed E-state index contributed by atoms with van der Waals surface area (Å²) >= 11 is 0. The van der Waals surface area contributed by atoms with Gasteiger partial charge in [0.2, 0.25) is 0 Å². The SMILES string of the molecule is CN(c1ccc2c(c1)NCC2)C1CCN(CC2=CCCC=C2)CC1. The lowest BCUT2D eigenvalue weighted by Crippen LogP contribution is -2.44. The van der Waals surface area contributed by atoms with E-state index in [0.29, 0.717) is 6.04 Å². The van der Waals surface area contributed by atoms with E-state index >= 15 is 0 Å². The minimum atomic E-state index is 0.664. The fourth-order valence-corrected chi connectivity index (χ4v) is 4.22. The second kappa shape index (κ2) is 7.02. The molecule has 3 heteroatoms. The molecule has 1 aliphatic carbocycles. The van der Waals surface area contributed by atoms with Crippen LogP contribution >= 0.6 is 0 Å². The summed E-state index contributed by atoms with van der Waals surface area (Å²) < 4.78 is 0. The average molecular weight is 323 g/mol. The van der Waals surface area contributed by atoms with E-state index in [9.17, 15) is 0 Å². The van der Waals surface area contributed by atoms with Gasteiger partial charge in [0.1, 0.15) is 0 Å². The lowest BCUT2D eigenvalue weighted by atomic mass is 10.0. The van der Waals surface area contributed by atoms with Crippen molar-refractivity contribution in [2.75, 3.05) is 43.4 Å². The van der Waals surface area contributed by atoms with Crippen LogP contribution in [-0.2, 0) is 6.42 Å². The third-order valence-corrected chi connectivity index (χ3v) is 5.79. The Morgan fingerprint density at radius 3 is 2.88 bits per heavy atom. The minimum absolute atomic E-state index is 0.664. The molecule has 0 spiro atoms. The molecule has 0 bridgehead atoms. The number of piperidine rings is 1. The van der Waals surface area contributed by atoms with Crippen molar-refractivity contribution in [2.24, 2.45) is 0 Å². The van der Waals surface area contributed by atoms with Crippen molar-refractivity contribution in [3.05, 3.63) is 47.6 Å². The molecular weight excluding hydrogens is 294 g/mol. The van der Waals surface area contributed by atoms with Crippen molar-refractivity contribution in [3.8, 4) is 0 Å². The van der Waals surface area contributed by atoms with Crippen molar-refractivity contribution >= 4 is 11.4 Å². The van der Waals surface area contributed by atoms with Gasteiger partial charge in [-0.25, -0.2) is 0 Å². The van der Waals surface area contributed by atoms with Crippen LogP contribution in [0.4, 0.5) is 11.4 Å². The Kier molecular flexibility index (Phi) is 4.61. The molecule has 1 aromatic rings. The summed E-state index contributed by atoms with van der Waals surface area (Å²) in [6, 6.07) is 7.61. The van der Waals surface area contributed by atoms with Gasteiger partial charge in [-0.3, -0.25) is 4.90 Å². The van der Waals surface area contributed by atoms with E-state index in [-0.39, 0.29) is 0 Å². The van der Waals surface area contributed by atoms with Crippen LogP contribution in [0.2, 0.25) is 0 Å². The highest BCUT2D eigenvalue weighted by molar-refractivity contribution is 5.64. The van der Waals surface area contributed by atoms with Crippen molar-refractivity contribution in [2.45, 2.75) is 38.1 Å². The van der Waals surface area contributed by atoms with Crippen molar-refractivity contribution in [3.63, 3.8) is 0 Å². The molecule has 128 valence electrons. The molecule has 24 heavy (non-hydrogen) atoms. The number of allylic oxidation sites excluding steroid dienone is 2. The highest BCUT2D eigenvalue weighted by atomic mass is 15.2. The van der Waals surface area contributed by atoms with Crippen molar-refractivity contribution in [1.82, 2.24) is 4.90 Å². The fourth-order valence-electron chi connectivity index (χ4n) is 4.22. The molecule has 0 atom stereocenters. The molecule has 0 unspecified atom stereocenters. The molecule has 3 nitrogen and oxygen atoms in total. The Hall–Kier alpha value is -1.74. The summed E-state index contributed by atoms with van der Waals surface area (Å²) in [6.45, 7) is 4.65. The van der Waals surface area contributed by atoms with E-state index in [2.05, 4.69) is 58.6 Å². The highest BCUT2D eigenvalue weighted by Gasteiger charge is 2.23. The van der Waals surface area contributed by atoms with Gasteiger partial charge >= 0.3 is 0 Å². The van der Waals surface area contributed by atoms with E-state index in [1.54, 1.807) is 0 Å². The quantitative estimate of drug-likeness (QED) is 0.908. The zero-order chi connectivity index (χ0) is 16.4. The number of hydrogen-bond acceptors (Lipinski definition) is 3. The van der Waals surface area contributed by atoms with Crippen LogP contribution < -0.4 is 10.2 Å². The average Bonchev–Trinajstić information content (AvgIpc) is 3.10. The van der Waals surface area contributed by atoms with Crippen LogP contribution in [0.3, 0.4) is 0 Å². The second-order valence-electron chi connectivity index (χ2n) is 7.40. The van der Waals surface area contributed by atoms with Crippen LogP contribution in [0.25, 0.3) is 0 Å². The fraction of sp³-hybridized carbons (Fsp3) is 0.524. The smallest absolute Gasteiger partial charge is 0.0394 e. The zero-order valence-corrected chi connectivity index (χ0v) is 14.8. The molecular formula is C21H29N3. The standard InChI is InChI=1S/C21H29N3/c1-23(20-8-7-18-9-12-22-21(18)15-20)19-10-13-24(14-11-19)16-17-5-3-2-4-6-17/h3,5-8,15,19,22H,2,4,9-14,16H2,1H3. The van der Waals surface area contributed by atoms with Gasteiger partial charge in [-0.2, -0.15) is 0 Å². The Morgan fingerprint density at radius 2 is 2.08 bits per heavy atom. The number of rotatable bonds is 4. The lowest BCUT2D eigenvalue weighted by Gasteiger charge is -2.38. The Morgan fingerprint density at radius 1 is 1.21 bits per heavy atom. The first-order valence-electron chi connectivity index (χ1n) is 9.47. The monoisotopic (exact) mass is 323 g/mol. The van der Waals surface area contributed by atoms with E-state index in [1.165, 1.54) is 67.7 Å². The van der Waals surface area contributed by atoms with Crippen LogP contribution in [0.5, 0.6) is 0 Å². The lowest BCUT2D eigenvalue weighted by molar-refractivity contribution is 0.227. The maximum absolute atomic E-state index is 3.50. The van der Waals surface area contributed by atoms with Crippen LogP contribution in [-0.4, -0.2) is 44.2 Å². The number of fused-ring (bicyclic) bond motifs is 1. The third-order valence-electron chi connectivity index (χ3n) is 5.79. The Labute approximate surface area is 146 Å². The van der Waals surface area contributed by atoms with Crippen molar-refractivity contribution < 1.29 is 0 Å². The highest BCUT2D eigenvalue weighted by Crippen LogP contribution is 2.30. The van der Waals surface area contributed by atoms with E-state index in [0.717, 1.165) is 13.1 Å². The summed E-state index contributed by atoms with van der Waals surface area (Å²) in [4.78, 5) is 5.12. The second-order valence-corrected chi connectivity index (χ2v) is 7.40. The molecule has 0 aromatic heterocycles. The first-order chi connectivity index (χ1) is 11.8. The topological polar surface area (TPSA) is 18.5 Å². The van der Waals surface area contributed by atoms with Gasteiger partial charge < -0.3 is 10.2 Å². The van der Waals surface area contributed by atoms with Gasteiger partial charge in [-0.05, 0) is 55.4 Å². The predicted octanol–water partition coefficient (Wildman–Crippen LogP) is 3.83. The van der Waals surface area contributed by atoms with Crippen molar-refractivity contribution in [1.29, 1.82) is 0 Å². The van der Waals surface area contributed by atoms with Gasteiger partial charge in [0.15, 0.2) is 0 Å². The predicted molar refractivity (Wildman–Crippen MR) is 103 cm³/mol. The maximum Gasteiger partial charge on any atom is 0.0394 e. The minimum Gasteiger partial charge on any atom is -0.384 e. The Bertz CT molecular complexity index is 638. The zero-order valence-electron chi connectivity index (χ0n) is 14.8. The van der Waals surface area contributed by atoms with Gasteiger partial charge in [-0.1, -0.05) is 24.3 Å². The number of anilines is 2. The van der Waals surface area contributed by atoms with Crippen LogP contribution in [0.1, 0.15) is 31.2 Å². The molecule has 0 amide bonds. The summed E-state index contributed by atoms with van der Waals surface area (Å²) in [6.07, 6.45) is 13.2. The third kappa shape index (κ3) is 3.36. The number of nitrogens with one attached hydrogen (secondary N) is 1. The molecule has 3 aliphatic rings. The van der Waals surface area contributed by atoms with Gasteiger partial charge in [0, 0.05) is 50.6 Å².